The zero-order chi connectivity index (χ0) is 22.7. The van der Waals surface area contributed by atoms with Gasteiger partial charge in [-0.25, -0.2) is 4.98 Å². The highest BCUT2D eigenvalue weighted by molar-refractivity contribution is 8.26. The number of fused-ring (bicyclic) bond motifs is 1. The Labute approximate surface area is 195 Å². The van der Waals surface area contributed by atoms with Crippen molar-refractivity contribution in [2.45, 2.75) is 13.0 Å². The van der Waals surface area contributed by atoms with Crippen molar-refractivity contribution in [3.63, 3.8) is 0 Å². The van der Waals surface area contributed by atoms with E-state index in [-0.39, 0.29) is 17.5 Å². The van der Waals surface area contributed by atoms with E-state index in [9.17, 15) is 9.59 Å². The third-order valence-corrected chi connectivity index (χ3v) is 6.47. The third kappa shape index (κ3) is 4.32. The van der Waals surface area contributed by atoms with Crippen LogP contribution >= 0.6 is 24.0 Å². The smallest absolute Gasteiger partial charge is 0.267 e. The maximum Gasteiger partial charge on any atom is 0.267 e. The van der Waals surface area contributed by atoms with E-state index >= 15 is 0 Å². The molecule has 0 radical (unpaired) electrons. The predicted molar refractivity (Wildman–Crippen MR) is 132 cm³/mol. The van der Waals surface area contributed by atoms with Gasteiger partial charge in [0.1, 0.15) is 15.8 Å². The van der Waals surface area contributed by atoms with Crippen molar-refractivity contribution in [3.8, 4) is 0 Å². The number of rotatable bonds is 7. The quantitative estimate of drug-likeness (QED) is 0.323. The van der Waals surface area contributed by atoms with Crippen molar-refractivity contribution in [2.24, 2.45) is 0 Å². The van der Waals surface area contributed by atoms with Crippen molar-refractivity contribution in [1.82, 2.24) is 14.3 Å². The summed E-state index contributed by atoms with van der Waals surface area (Å²) in [6.07, 6.45) is 3.24. The molecule has 3 aromatic rings. The summed E-state index contributed by atoms with van der Waals surface area (Å²) in [7, 11) is 1.60. The lowest BCUT2D eigenvalue weighted by molar-refractivity contribution is -0.123. The minimum Gasteiger partial charge on any atom is -0.383 e. The molecule has 1 atom stereocenters. The number of nitrogens with zero attached hydrogens (tertiary/aromatic N) is 3. The standard InChI is InChI=1S/C23H22N4O3S2/c1-15(16-8-4-3-5-9-16)27-22(29)18(32-23(27)31)14-17-20(24-11-13-30-2)25-19-10-6-7-12-26(19)21(17)28/h3-10,12,14-15,24H,11,13H2,1-2H3/b18-14-. The number of hydrogen-bond donors (Lipinski definition) is 1. The lowest BCUT2D eigenvalue weighted by Gasteiger charge is -2.23. The summed E-state index contributed by atoms with van der Waals surface area (Å²) < 4.78 is 7.01. The van der Waals surface area contributed by atoms with Crippen LogP contribution in [0.2, 0.25) is 0 Å². The molecule has 1 aliphatic heterocycles. The molecule has 1 N–H and O–H groups in total. The highest BCUT2D eigenvalue weighted by Gasteiger charge is 2.36. The normalized spacial score (nSPS) is 16.2. The highest BCUT2D eigenvalue weighted by Crippen LogP contribution is 2.38. The summed E-state index contributed by atoms with van der Waals surface area (Å²) in [6, 6.07) is 14.8. The lowest BCUT2D eigenvalue weighted by atomic mass is 10.1. The first-order valence-corrected chi connectivity index (χ1v) is 11.3. The molecule has 1 amide bonds. The number of benzene rings is 1. The SMILES string of the molecule is COCCNc1nc2ccccn2c(=O)c1/C=C1\SC(=S)N(C(C)c2ccccc2)C1=O. The fourth-order valence-corrected chi connectivity index (χ4v) is 4.86. The van der Waals surface area contributed by atoms with Gasteiger partial charge in [-0.2, -0.15) is 0 Å². The summed E-state index contributed by atoms with van der Waals surface area (Å²) in [5, 5.41) is 3.15. The number of anilines is 1. The van der Waals surface area contributed by atoms with Crippen LogP contribution in [0.3, 0.4) is 0 Å². The molecule has 0 bridgehead atoms. The summed E-state index contributed by atoms with van der Waals surface area (Å²) in [4.78, 5) is 33.1. The van der Waals surface area contributed by atoms with Gasteiger partial charge in [-0.3, -0.25) is 18.9 Å². The van der Waals surface area contributed by atoms with Crippen molar-refractivity contribution in [3.05, 3.63) is 81.1 Å². The molecule has 1 unspecified atom stereocenters. The van der Waals surface area contributed by atoms with Gasteiger partial charge in [0.25, 0.3) is 11.5 Å². The Bertz CT molecular complexity index is 1260. The largest absolute Gasteiger partial charge is 0.383 e. The molecule has 0 spiro atoms. The fraction of sp³-hybridized carbons (Fsp3) is 0.217. The van der Waals surface area contributed by atoms with E-state index < -0.39 is 0 Å². The first-order chi connectivity index (χ1) is 15.5. The van der Waals surface area contributed by atoms with Crippen molar-refractivity contribution in [2.75, 3.05) is 25.6 Å². The van der Waals surface area contributed by atoms with Crippen LogP contribution in [0.25, 0.3) is 11.7 Å². The maximum absolute atomic E-state index is 13.3. The van der Waals surface area contributed by atoms with Gasteiger partial charge in [0.2, 0.25) is 0 Å². The van der Waals surface area contributed by atoms with E-state index in [1.807, 2.05) is 43.3 Å². The predicted octanol–water partition coefficient (Wildman–Crippen LogP) is 3.72. The Kier molecular flexibility index (Phi) is 6.69. The number of nitrogens with one attached hydrogen (secondary N) is 1. The molecule has 0 saturated carbocycles. The van der Waals surface area contributed by atoms with Crippen LogP contribution in [0.1, 0.15) is 24.1 Å². The van der Waals surface area contributed by atoms with Crippen molar-refractivity contribution in [1.29, 1.82) is 0 Å². The number of aromatic nitrogens is 2. The monoisotopic (exact) mass is 466 g/mol. The minimum absolute atomic E-state index is 0.218. The molecule has 1 aromatic carbocycles. The molecule has 3 heterocycles. The van der Waals surface area contributed by atoms with Gasteiger partial charge in [-0.1, -0.05) is 60.4 Å². The highest BCUT2D eigenvalue weighted by atomic mass is 32.2. The molecular weight excluding hydrogens is 444 g/mol. The van der Waals surface area contributed by atoms with E-state index in [1.54, 1.807) is 36.4 Å². The number of carbonyl (C=O) groups is 1. The average Bonchev–Trinajstić information content (AvgIpc) is 3.09. The third-order valence-electron chi connectivity index (χ3n) is 5.14. The molecule has 0 aliphatic carbocycles. The van der Waals surface area contributed by atoms with Crippen LogP contribution in [0, 0.1) is 0 Å². The molecule has 32 heavy (non-hydrogen) atoms. The second-order valence-corrected chi connectivity index (χ2v) is 8.84. The molecular formula is C23H22N4O3S2. The van der Waals surface area contributed by atoms with E-state index in [4.69, 9.17) is 17.0 Å². The zero-order valence-corrected chi connectivity index (χ0v) is 19.3. The average molecular weight is 467 g/mol. The van der Waals surface area contributed by atoms with Gasteiger partial charge in [-0.15, -0.1) is 0 Å². The number of carbonyl (C=O) groups excluding carboxylic acids is 1. The molecule has 1 fully saturated rings. The van der Waals surface area contributed by atoms with Gasteiger partial charge in [0.05, 0.1) is 23.1 Å². The van der Waals surface area contributed by atoms with Crippen LogP contribution in [0.5, 0.6) is 0 Å². The van der Waals surface area contributed by atoms with Gasteiger partial charge in [-0.05, 0) is 30.7 Å². The Morgan fingerprint density at radius 3 is 2.69 bits per heavy atom. The van der Waals surface area contributed by atoms with Gasteiger partial charge >= 0.3 is 0 Å². The molecule has 164 valence electrons. The van der Waals surface area contributed by atoms with Crippen LogP contribution in [0.4, 0.5) is 5.82 Å². The van der Waals surface area contributed by atoms with E-state index in [0.717, 1.165) is 5.56 Å². The van der Waals surface area contributed by atoms with Crippen LogP contribution in [0.15, 0.2) is 64.4 Å². The van der Waals surface area contributed by atoms with Crippen molar-refractivity contribution < 1.29 is 9.53 Å². The maximum atomic E-state index is 13.3. The molecule has 7 nitrogen and oxygen atoms in total. The molecule has 1 saturated heterocycles. The van der Waals surface area contributed by atoms with Gasteiger partial charge in [0.15, 0.2) is 0 Å². The van der Waals surface area contributed by atoms with E-state index in [1.165, 1.54) is 16.2 Å². The molecule has 4 rings (SSSR count). The number of pyridine rings is 1. The van der Waals surface area contributed by atoms with E-state index in [0.29, 0.717) is 39.4 Å². The molecule has 1 aliphatic rings. The first-order valence-electron chi connectivity index (χ1n) is 10.1. The number of thioether (sulfide) groups is 1. The Hall–Kier alpha value is -3.01. The van der Waals surface area contributed by atoms with Crippen LogP contribution in [-0.2, 0) is 9.53 Å². The fourth-order valence-electron chi connectivity index (χ4n) is 3.46. The zero-order valence-electron chi connectivity index (χ0n) is 17.6. The summed E-state index contributed by atoms with van der Waals surface area (Å²) in [6.45, 7) is 2.86. The van der Waals surface area contributed by atoms with Crippen LogP contribution < -0.4 is 10.9 Å². The Morgan fingerprint density at radius 2 is 1.94 bits per heavy atom. The van der Waals surface area contributed by atoms with Crippen molar-refractivity contribution >= 4 is 51.7 Å². The number of ether oxygens (including phenoxy) is 1. The second kappa shape index (κ2) is 9.64. The number of methoxy groups -OCH3 is 1. The Balaban J connectivity index is 1.74. The number of thiocarbonyl (C=S) groups is 1. The van der Waals surface area contributed by atoms with Gasteiger partial charge in [0, 0.05) is 19.9 Å². The summed E-state index contributed by atoms with van der Waals surface area (Å²) in [5.41, 5.74) is 1.54. The second-order valence-electron chi connectivity index (χ2n) is 7.17. The van der Waals surface area contributed by atoms with Gasteiger partial charge < -0.3 is 10.1 Å². The lowest BCUT2D eigenvalue weighted by Crippen LogP contribution is -2.31. The Morgan fingerprint density at radius 1 is 1.19 bits per heavy atom. The molecule has 2 aromatic heterocycles. The molecule has 9 heteroatoms. The van der Waals surface area contributed by atoms with Crippen LogP contribution in [-0.4, -0.2) is 44.8 Å². The minimum atomic E-state index is -0.267. The topological polar surface area (TPSA) is 75.9 Å². The number of amides is 1. The summed E-state index contributed by atoms with van der Waals surface area (Å²) >= 11 is 6.70. The summed E-state index contributed by atoms with van der Waals surface area (Å²) in [5.74, 6) is 0.177. The first kappa shape index (κ1) is 22.2. The number of hydrogen-bond acceptors (Lipinski definition) is 7. The van der Waals surface area contributed by atoms with E-state index in [2.05, 4.69) is 10.3 Å².